The number of hydrogen-bond acceptors (Lipinski definition) is 5. The maximum atomic E-state index is 13.3. The van der Waals surface area contributed by atoms with Crippen molar-refractivity contribution in [1.82, 2.24) is 0 Å². The first-order valence-corrected chi connectivity index (χ1v) is 14.5. The largest absolute Gasteiger partial charge is 1.00 e. The van der Waals surface area contributed by atoms with Crippen LogP contribution in [0.2, 0.25) is 20.1 Å². The molecule has 174 valence electrons. The third-order valence-corrected chi connectivity index (χ3v) is 12.3. The van der Waals surface area contributed by atoms with Gasteiger partial charge >= 0.3 is 65.1 Å². The van der Waals surface area contributed by atoms with Gasteiger partial charge in [0.15, 0.2) is 17.1 Å². The van der Waals surface area contributed by atoms with Crippen LogP contribution in [0.25, 0.3) is 0 Å². The van der Waals surface area contributed by atoms with Gasteiger partial charge in [-0.15, -0.1) is 0 Å². The van der Waals surface area contributed by atoms with Crippen LogP contribution in [-0.2, 0) is 10.3 Å². The van der Waals surface area contributed by atoms with Gasteiger partial charge in [0.05, 0.1) is 41.9 Å². The molecule has 15 heteroatoms. The molecule has 0 saturated carbocycles. The van der Waals surface area contributed by atoms with Crippen LogP contribution in [0, 0.1) is 14.3 Å². The van der Waals surface area contributed by atoms with Gasteiger partial charge in [-0.05, 0) is 102 Å². The van der Waals surface area contributed by atoms with Crippen molar-refractivity contribution in [2.45, 2.75) is 5.60 Å². The van der Waals surface area contributed by atoms with E-state index in [9.17, 15) is 15.0 Å². The van der Waals surface area contributed by atoms with Gasteiger partial charge in [0, 0.05) is 14.7 Å². The van der Waals surface area contributed by atoms with Crippen LogP contribution < -0.4 is 63.9 Å². The number of fused-ring (bicyclic) bond motifs is 6. The Bertz CT molecular complexity index is 1480. The van der Waals surface area contributed by atoms with Crippen molar-refractivity contribution in [3.8, 4) is 23.0 Å². The van der Waals surface area contributed by atoms with Gasteiger partial charge in [-0.3, -0.25) is 0 Å². The van der Waals surface area contributed by atoms with Crippen molar-refractivity contribution in [3.05, 3.63) is 68.8 Å². The molecular weight excluding hydrogens is 1020 g/mol. The number of carbonyl (C=O) groups excluding carboxylic acids is 1. The van der Waals surface area contributed by atoms with E-state index in [1.54, 1.807) is 6.07 Å². The minimum atomic E-state index is -1.62. The molecule has 5 rings (SSSR count). The molecule has 3 aromatic carbocycles. The normalized spacial score (nSPS) is 17.0. The Balaban J connectivity index is 0.00000171. The summed E-state index contributed by atoms with van der Waals surface area (Å²) in [6.45, 7) is 0. The van der Waals surface area contributed by atoms with E-state index in [0.717, 1.165) is 0 Å². The fourth-order valence-corrected chi connectivity index (χ4v) is 8.19. The molecule has 0 fully saturated rings. The van der Waals surface area contributed by atoms with Gasteiger partial charge in [-0.25, -0.2) is 4.79 Å². The van der Waals surface area contributed by atoms with Gasteiger partial charge in [-0.1, -0.05) is 46.4 Å². The molecule has 2 N–H and O–H groups in total. The SMILES string of the molecule is O=C1OC2(c3ccc(O)c(I)c3Oc3c(I)c(O)c(I)c(I)c32)c2c(Cl)c(Cl)c(Cl)c(Cl)c21.[H-].[H-].[Na+].[Na+]. The monoisotopic (exact) mass is 1020 g/mol. The number of phenols is 2. The standard InChI is InChI=1S/C20H4Cl4I4O5.2Na.2H/c21-8-5-6(9(22)11(24)10(8)23)20(33-19(5)31)3-1-2-4(29)12(25)17(3)32-18-7(20)13(26)14(27)16(30)15(18)28;;;;/h1-2,29-30H;;;;/q;2*+1;2*-1. The number of halogens is 8. The second-order valence-electron chi connectivity index (χ2n) is 6.95. The fraction of sp³-hybridized carbons (Fsp3) is 0.0500. The summed E-state index contributed by atoms with van der Waals surface area (Å²) < 4.78 is 14.2. The van der Waals surface area contributed by atoms with Crippen molar-refractivity contribution in [3.63, 3.8) is 0 Å². The summed E-state index contributed by atoms with van der Waals surface area (Å²) in [7, 11) is 0. The van der Waals surface area contributed by atoms with Crippen LogP contribution >= 0.6 is 137 Å². The minimum Gasteiger partial charge on any atom is -1.00 e. The Morgan fingerprint density at radius 1 is 0.771 bits per heavy atom. The molecule has 5 nitrogen and oxygen atoms in total. The number of carbonyl (C=O) groups is 1. The topological polar surface area (TPSA) is 76.0 Å². The third kappa shape index (κ3) is 4.51. The number of aromatic hydroxyl groups is 2. The van der Waals surface area contributed by atoms with Crippen molar-refractivity contribution < 1.29 is 86.4 Å². The molecular formula is C20H6Cl4I4Na2O5. The van der Waals surface area contributed by atoms with E-state index < -0.39 is 11.6 Å². The van der Waals surface area contributed by atoms with E-state index in [2.05, 4.69) is 22.6 Å². The number of ether oxygens (including phenoxy) is 2. The predicted octanol–water partition coefficient (Wildman–Crippen LogP) is 2.93. The van der Waals surface area contributed by atoms with Crippen molar-refractivity contribution >= 4 is 143 Å². The van der Waals surface area contributed by atoms with E-state index in [0.29, 0.717) is 25.4 Å². The van der Waals surface area contributed by atoms with Crippen LogP contribution in [-0.4, -0.2) is 16.2 Å². The van der Waals surface area contributed by atoms with E-state index in [1.807, 2.05) is 67.8 Å². The van der Waals surface area contributed by atoms with Crippen LogP contribution in [0.4, 0.5) is 0 Å². The third-order valence-electron chi connectivity index (χ3n) is 5.34. The quantitative estimate of drug-likeness (QED) is 0.119. The van der Waals surface area contributed by atoms with Crippen LogP contribution in [0.15, 0.2) is 12.1 Å². The van der Waals surface area contributed by atoms with E-state index in [-0.39, 0.29) is 116 Å². The first-order chi connectivity index (χ1) is 15.4. The van der Waals surface area contributed by atoms with Gasteiger partial charge in [0.1, 0.15) is 11.5 Å². The van der Waals surface area contributed by atoms with Crippen LogP contribution in [0.3, 0.4) is 0 Å². The molecule has 35 heavy (non-hydrogen) atoms. The summed E-state index contributed by atoms with van der Waals surface area (Å²) in [6, 6.07) is 3.06. The van der Waals surface area contributed by atoms with E-state index in [1.165, 1.54) is 6.07 Å². The average molecular weight is 1020 g/mol. The number of benzene rings is 3. The fourth-order valence-electron chi connectivity index (χ4n) is 3.96. The van der Waals surface area contributed by atoms with Gasteiger partial charge < -0.3 is 22.5 Å². The summed E-state index contributed by atoms with van der Waals surface area (Å²) in [6.07, 6.45) is 0. The first-order valence-electron chi connectivity index (χ1n) is 8.64. The molecule has 0 aromatic heterocycles. The maximum Gasteiger partial charge on any atom is 1.00 e. The zero-order valence-electron chi connectivity index (χ0n) is 19.3. The molecule has 0 bridgehead atoms. The minimum absolute atomic E-state index is 0. The number of esters is 1. The summed E-state index contributed by atoms with van der Waals surface area (Å²) in [5.41, 5.74) is -0.548. The van der Waals surface area contributed by atoms with E-state index >= 15 is 0 Å². The number of rotatable bonds is 0. The molecule has 2 aliphatic rings. The second-order valence-corrected chi connectivity index (χ2v) is 12.8. The van der Waals surface area contributed by atoms with Gasteiger partial charge in [-0.2, -0.15) is 0 Å². The zero-order valence-corrected chi connectivity index (χ0v) is 33.0. The van der Waals surface area contributed by atoms with Crippen LogP contribution in [0.1, 0.15) is 29.9 Å². The maximum absolute atomic E-state index is 13.3. The molecule has 1 atom stereocenters. The summed E-state index contributed by atoms with van der Waals surface area (Å²) in [5, 5.41) is 20.9. The van der Waals surface area contributed by atoms with Gasteiger partial charge in [0.2, 0.25) is 0 Å². The molecule has 1 unspecified atom stereocenters. The first kappa shape index (κ1) is 32.1. The molecule has 3 aromatic rings. The van der Waals surface area contributed by atoms with Crippen molar-refractivity contribution in [2.24, 2.45) is 0 Å². The van der Waals surface area contributed by atoms with E-state index in [4.69, 9.17) is 55.9 Å². The second kappa shape index (κ2) is 11.5. The summed E-state index contributed by atoms with van der Waals surface area (Å²) in [4.78, 5) is 13.3. The Hall–Kier alpha value is 2.61. The van der Waals surface area contributed by atoms with Crippen molar-refractivity contribution in [2.75, 3.05) is 0 Å². The molecule has 0 saturated heterocycles. The predicted molar refractivity (Wildman–Crippen MR) is 161 cm³/mol. The molecule has 2 heterocycles. The molecule has 0 radical (unpaired) electrons. The Labute approximate surface area is 320 Å². The Morgan fingerprint density at radius 3 is 2.00 bits per heavy atom. The zero-order chi connectivity index (χ0) is 24.1. The van der Waals surface area contributed by atoms with Crippen molar-refractivity contribution in [1.29, 1.82) is 0 Å². The number of phenolic OH excluding ortho intramolecular Hbond substituents is 2. The number of hydrogen-bond donors (Lipinski definition) is 2. The molecule has 0 amide bonds. The van der Waals surface area contributed by atoms with Gasteiger partial charge in [0.25, 0.3) is 0 Å². The summed E-state index contributed by atoms with van der Waals surface area (Å²) >= 11 is 33.8. The Morgan fingerprint density at radius 2 is 1.37 bits per heavy atom. The smallest absolute Gasteiger partial charge is 1.00 e. The summed E-state index contributed by atoms with van der Waals surface area (Å²) in [5.74, 6) is -0.262. The molecule has 1 spiro atoms. The Kier molecular flexibility index (Phi) is 10.5. The molecule has 0 aliphatic carbocycles. The molecule has 2 aliphatic heterocycles. The van der Waals surface area contributed by atoms with Crippen LogP contribution in [0.5, 0.6) is 23.0 Å². The average Bonchev–Trinajstić information content (AvgIpc) is 3.08.